The normalized spacial score (nSPS) is 11.2. The Morgan fingerprint density at radius 1 is 1.10 bits per heavy atom. The van der Waals surface area contributed by atoms with Gasteiger partial charge in [0.25, 0.3) is 5.91 Å². The molecule has 2 amide bonds. The van der Waals surface area contributed by atoms with Crippen molar-refractivity contribution in [3.8, 4) is 11.3 Å². The molecular formula is C21H26N6O3. The highest BCUT2D eigenvalue weighted by Gasteiger charge is 2.15. The predicted molar refractivity (Wildman–Crippen MR) is 115 cm³/mol. The van der Waals surface area contributed by atoms with Crippen LogP contribution in [-0.2, 0) is 4.74 Å². The van der Waals surface area contributed by atoms with Gasteiger partial charge >= 0.3 is 6.09 Å². The number of carbonyl (C=O) groups excluding carboxylic acids is 2. The van der Waals surface area contributed by atoms with E-state index in [4.69, 9.17) is 4.74 Å². The zero-order valence-corrected chi connectivity index (χ0v) is 17.5. The Morgan fingerprint density at radius 2 is 1.83 bits per heavy atom. The van der Waals surface area contributed by atoms with Crippen LogP contribution >= 0.6 is 0 Å². The molecule has 1 aromatic carbocycles. The fourth-order valence-electron chi connectivity index (χ4n) is 2.76. The summed E-state index contributed by atoms with van der Waals surface area (Å²) in [5, 5.41) is 13.0. The summed E-state index contributed by atoms with van der Waals surface area (Å²) >= 11 is 0. The Hall–Kier alpha value is -3.62. The van der Waals surface area contributed by atoms with Crippen molar-refractivity contribution in [1.29, 1.82) is 0 Å². The summed E-state index contributed by atoms with van der Waals surface area (Å²) in [4.78, 5) is 27.8. The van der Waals surface area contributed by atoms with Gasteiger partial charge in [0.1, 0.15) is 12.4 Å². The first-order valence-corrected chi connectivity index (χ1v) is 9.63. The van der Waals surface area contributed by atoms with E-state index in [0.717, 1.165) is 11.3 Å². The number of carbonyl (C=O) groups is 2. The Kier molecular flexibility index (Phi) is 6.20. The third kappa shape index (κ3) is 5.25. The lowest BCUT2D eigenvalue weighted by molar-refractivity contribution is 0.0919. The Balaban J connectivity index is 1.74. The fraction of sp³-hybridized carbons (Fsp3) is 0.333. The van der Waals surface area contributed by atoms with E-state index in [-0.39, 0.29) is 18.1 Å². The number of aromatic nitrogens is 3. The number of ether oxygens (including phenoxy) is 1. The van der Waals surface area contributed by atoms with Crippen LogP contribution in [0.4, 0.5) is 10.6 Å². The van der Waals surface area contributed by atoms with E-state index in [9.17, 15) is 9.59 Å². The molecule has 3 N–H and O–H groups in total. The molecule has 0 bridgehead atoms. The predicted octanol–water partition coefficient (Wildman–Crippen LogP) is 2.69. The van der Waals surface area contributed by atoms with E-state index in [1.165, 1.54) is 7.05 Å². The molecule has 2 heterocycles. The minimum atomic E-state index is -0.475. The van der Waals surface area contributed by atoms with Crippen molar-refractivity contribution in [2.45, 2.75) is 26.3 Å². The molecular weight excluding hydrogens is 384 g/mol. The molecule has 0 radical (unpaired) electrons. The van der Waals surface area contributed by atoms with Crippen LogP contribution in [0.3, 0.4) is 0 Å². The van der Waals surface area contributed by atoms with Gasteiger partial charge in [0.05, 0.1) is 18.4 Å². The monoisotopic (exact) mass is 410 g/mol. The fourth-order valence-corrected chi connectivity index (χ4v) is 2.76. The van der Waals surface area contributed by atoms with Crippen molar-refractivity contribution in [2.24, 2.45) is 0 Å². The van der Waals surface area contributed by atoms with Crippen LogP contribution in [0, 0.1) is 0 Å². The van der Waals surface area contributed by atoms with Crippen LogP contribution < -0.4 is 16.0 Å². The average Bonchev–Trinajstić information content (AvgIpc) is 3.13. The van der Waals surface area contributed by atoms with Gasteiger partial charge < -0.3 is 20.7 Å². The Bertz CT molecular complexity index is 1040. The lowest BCUT2D eigenvalue weighted by atomic mass is 10.1. The van der Waals surface area contributed by atoms with Crippen LogP contribution in [-0.4, -0.2) is 52.3 Å². The van der Waals surface area contributed by atoms with Crippen molar-refractivity contribution in [3.63, 3.8) is 0 Å². The van der Waals surface area contributed by atoms with E-state index < -0.39 is 6.09 Å². The highest BCUT2D eigenvalue weighted by molar-refractivity contribution is 5.95. The molecule has 0 saturated heterocycles. The van der Waals surface area contributed by atoms with Crippen molar-refractivity contribution in [3.05, 3.63) is 48.2 Å². The Labute approximate surface area is 174 Å². The molecule has 3 aromatic rings. The molecule has 9 nitrogen and oxygen atoms in total. The molecule has 0 fully saturated rings. The number of nitrogens with one attached hydrogen (secondary N) is 3. The number of hydrogen-bond donors (Lipinski definition) is 3. The molecule has 0 aliphatic carbocycles. The molecule has 0 atom stereocenters. The largest absolute Gasteiger partial charge is 0.448 e. The van der Waals surface area contributed by atoms with Crippen molar-refractivity contribution in [2.75, 3.05) is 25.5 Å². The topological polar surface area (TPSA) is 110 Å². The number of alkyl carbamates (subject to hydrolysis) is 1. The zero-order chi connectivity index (χ0) is 21.7. The second-order valence-corrected chi connectivity index (χ2v) is 7.73. The van der Waals surface area contributed by atoms with Gasteiger partial charge in [-0.3, -0.25) is 4.79 Å². The van der Waals surface area contributed by atoms with Crippen molar-refractivity contribution >= 4 is 23.5 Å². The third-order valence-corrected chi connectivity index (χ3v) is 4.14. The number of fused-ring (bicyclic) bond motifs is 1. The van der Waals surface area contributed by atoms with Crippen LogP contribution in [0.2, 0.25) is 0 Å². The van der Waals surface area contributed by atoms with E-state index >= 15 is 0 Å². The summed E-state index contributed by atoms with van der Waals surface area (Å²) in [6, 6.07) is 11.0. The zero-order valence-electron chi connectivity index (χ0n) is 17.5. The maximum atomic E-state index is 12.3. The number of amides is 2. The number of nitrogens with zero attached hydrogens (tertiary/aromatic N) is 3. The van der Waals surface area contributed by atoms with Gasteiger partial charge in [-0.05, 0) is 45.0 Å². The number of imidazole rings is 1. The summed E-state index contributed by atoms with van der Waals surface area (Å²) in [7, 11) is 1.51. The van der Waals surface area contributed by atoms with E-state index in [0.29, 0.717) is 23.6 Å². The molecule has 0 aliphatic heterocycles. The van der Waals surface area contributed by atoms with Gasteiger partial charge in [-0.25, -0.2) is 14.3 Å². The van der Waals surface area contributed by atoms with Crippen LogP contribution in [0.15, 0.2) is 42.6 Å². The summed E-state index contributed by atoms with van der Waals surface area (Å²) < 4.78 is 6.68. The first-order valence-electron chi connectivity index (χ1n) is 9.63. The first kappa shape index (κ1) is 21.1. The van der Waals surface area contributed by atoms with Crippen LogP contribution in [0.1, 0.15) is 31.1 Å². The molecule has 30 heavy (non-hydrogen) atoms. The van der Waals surface area contributed by atoms with Gasteiger partial charge in [0, 0.05) is 23.7 Å². The quantitative estimate of drug-likeness (QED) is 0.539. The molecule has 0 aliphatic rings. The minimum absolute atomic E-state index is 0.115. The van der Waals surface area contributed by atoms with Crippen LogP contribution in [0.25, 0.3) is 16.9 Å². The number of anilines is 1. The molecule has 3 rings (SSSR count). The van der Waals surface area contributed by atoms with E-state index in [1.807, 2.05) is 45.0 Å². The standard InChI is InChI=1S/C21H26N6O3/c1-21(2,3)25-19(28)15-7-5-14(6-8-15)16-13-24-18-10-9-17(26-27(16)18)23-11-12-30-20(29)22-4/h5-10,13H,11-12H2,1-4H3,(H,22,29)(H,23,26)(H,25,28). The summed E-state index contributed by atoms with van der Waals surface area (Å²) in [6.07, 6.45) is 1.27. The highest BCUT2D eigenvalue weighted by atomic mass is 16.5. The molecule has 0 unspecified atom stereocenters. The minimum Gasteiger partial charge on any atom is -0.448 e. The SMILES string of the molecule is CNC(=O)OCCNc1ccc2ncc(-c3ccc(C(=O)NC(C)(C)C)cc3)n2n1. The number of rotatable bonds is 6. The van der Waals surface area contributed by atoms with Gasteiger partial charge in [-0.1, -0.05) is 12.1 Å². The lowest BCUT2D eigenvalue weighted by Gasteiger charge is -2.20. The molecule has 0 spiro atoms. The molecule has 2 aromatic heterocycles. The summed E-state index contributed by atoms with van der Waals surface area (Å²) in [5.41, 5.74) is 2.69. The third-order valence-electron chi connectivity index (χ3n) is 4.14. The second-order valence-electron chi connectivity index (χ2n) is 7.73. The van der Waals surface area contributed by atoms with Gasteiger partial charge in [0.2, 0.25) is 0 Å². The maximum Gasteiger partial charge on any atom is 0.406 e. The van der Waals surface area contributed by atoms with Crippen molar-refractivity contribution in [1.82, 2.24) is 25.2 Å². The second kappa shape index (κ2) is 8.81. The molecule has 9 heteroatoms. The summed E-state index contributed by atoms with van der Waals surface area (Å²) in [6.45, 7) is 6.47. The van der Waals surface area contributed by atoms with Crippen LogP contribution in [0.5, 0.6) is 0 Å². The number of hydrogen-bond acceptors (Lipinski definition) is 6. The first-order chi connectivity index (χ1) is 14.3. The smallest absolute Gasteiger partial charge is 0.406 e. The molecule has 0 saturated carbocycles. The molecule has 158 valence electrons. The maximum absolute atomic E-state index is 12.3. The van der Waals surface area contributed by atoms with E-state index in [2.05, 4.69) is 26.0 Å². The van der Waals surface area contributed by atoms with Gasteiger partial charge in [-0.2, -0.15) is 0 Å². The highest BCUT2D eigenvalue weighted by Crippen LogP contribution is 2.21. The van der Waals surface area contributed by atoms with E-state index in [1.54, 1.807) is 22.8 Å². The summed E-state index contributed by atoms with van der Waals surface area (Å²) in [5.74, 6) is 0.513. The van der Waals surface area contributed by atoms with Crippen molar-refractivity contribution < 1.29 is 14.3 Å². The average molecular weight is 410 g/mol. The van der Waals surface area contributed by atoms with Gasteiger partial charge in [-0.15, -0.1) is 5.10 Å². The van der Waals surface area contributed by atoms with Gasteiger partial charge in [0.15, 0.2) is 5.65 Å². The Morgan fingerprint density at radius 3 is 2.50 bits per heavy atom. The lowest BCUT2D eigenvalue weighted by Crippen LogP contribution is -2.40. The number of benzene rings is 1.